The Labute approximate surface area is 206 Å². The van der Waals surface area contributed by atoms with Crippen LogP contribution in [0.25, 0.3) is 0 Å². The Kier molecular flexibility index (Phi) is 13.7. The van der Waals surface area contributed by atoms with Gasteiger partial charge in [0.2, 0.25) is 11.6 Å². The van der Waals surface area contributed by atoms with Crippen molar-refractivity contribution in [1.29, 1.82) is 0 Å². The van der Waals surface area contributed by atoms with Gasteiger partial charge in [-0.25, -0.2) is 0 Å². The number of hydrogen-bond donors (Lipinski definition) is 2. The molecule has 2 N–H and O–H groups in total. The molecule has 0 unspecified atom stereocenters. The highest BCUT2D eigenvalue weighted by Gasteiger charge is 2.18. The van der Waals surface area contributed by atoms with E-state index in [1.165, 1.54) is 64.2 Å². The number of carbonyl (C=O) groups excluding carboxylic acids is 2. The molecule has 0 fully saturated rings. The maximum absolute atomic E-state index is 12.7. The van der Waals surface area contributed by atoms with E-state index in [0.717, 1.165) is 37.3 Å². The summed E-state index contributed by atoms with van der Waals surface area (Å²) in [4.78, 5) is 25.3. The average molecular weight is 465 g/mol. The van der Waals surface area contributed by atoms with Crippen LogP contribution in [0.5, 0.6) is 0 Å². The van der Waals surface area contributed by atoms with Crippen molar-refractivity contribution in [1.82, 2.24) is 0 Å². The molecule has 0 radical (unpaired) electrons. The molecular weight excluding hydrogens is 420 g/mol. The summed E-state index contributed by atoms with van der Waals surface area (Å²) in [6, 6.07) is 14.5. The van der Waals surface area contributed by atoms with Crippen molar-refractivity contribution in [3.05, 3.63) is 59.7 Å². The lowest BCUT2D eigenvalue weighted by Crippen LogP contribution is -2.14. The largest absolute Gasteiger partial charge is 0.385 e. The third-order valence-electron chi connectivity index (χ3n) is 6.22. The van der Waals surface area contributed by atoms with E-state index in [9.17, 15) is 9.59 Å². The van der Waals surface area contributed by atoms with Gasteiger partial charge in [0.1, 0.15) is 0 Å². The maximum Gasteiger partial charge on any atom is 0.233 e. The fourth-order valence-electron chi connectivity index (χ4n) is 4.02. The molecule has 0 spiro atoms. The quantitative estimate of drug-likeness (QED) is 0.125. The van der Waals surface area contributed by atoms with Crippen molar-refractivity contribution < 1.29 is 9.59 Å². The number of unbranched alkanes of at least 4 members (excludes halogenated alkanes) is 10. The normalized spacial score (nSPS) is 10.8. The molecule has 4 heteroatoms. The first-order valence-corrected chi connectivity index (χ1v) is 13.4. The second-order valence-corrected chi connectivity index (χ2v) is 9.20. The molecule has 0 saturated heterocycles. The molecule has 0 aliphatic heterocycles. The Bertz CT molecular complexity index is 756. The summed E-state index contributed by atoms with van der Waals surface area (Å²) in [5.41, 5.74) is 2.83. The van der Waals surface area contributed by atoms with Gasteiger partial charge in [-0.3, -0.25) is 9.59 Å². The van der Waals surface area contributed by atoms with Crippen molar-refractivity contribution in [3.63, 3.8) is 0 Å². The summed E-state index contributed by atoms with van der Waals surface area (Å²) in [6.45, 7) is 6.32. The molecule has 186 valence electrons. The zero-order chi connectivity index (χ0) is 24.4. The average Bonchev–Trinajstić information content (AvgIpc) is 2.87. The lowest BCUT2D eigenvalue weighted by Gasteiger charge is -2.08. The van der Waals surface area contributed by atoms with Gasteiger partial charge in [-0.15, -0.1) is 0 Å². The summed E-state index contributed by atoms with van der Waals surface area (Å²) >= 11 is 0. The SMILES string of the molecule is CCCCCCCCNc1ccc(C(=O)C(=O)c2ccc(NCCCCCCCC)cc2)cc1. The molecule has 0 aliphatic carbocycles. The van der Waals surface area contributed by atoms with E-state index in [1.807, 2.05) is 24.3 Å². The van der Waals surface area contributed by atoms with E-state index in [-0.39, 0.29) is 0 Å². The Morgan fingerprint density at radius 3 is 1.18 bits per heavy atom. The van der Waals surface area contributed by atoms with E-state index < -0.39 is 11.6 Å². The molecule has 34 heavy (non-hydrogen) atoms. The molecule has 2 aromatic carbocycles. The van der Waals surface area contributed by atoms with Gasteiger partial charge in [0.15, 0.2) is 0 Å². The zero-order valence-corrected chi connectivity index (χ0v) is 21.3. The number of carbonyl (C=O) groups is 2. The molecule has 2 rings (SSSR count). The Morgan fingerprint density at radius 2 is 0.824 bits per heavy atom. The molecule has 0 atom stereocenters. The van der Waals surface area contributed by atoms with Gasteiger partial charge >= 0.3 is 0 Å². The molecule has 0 bridgehead atoms. The lowest BCUT2D eigenvalue weighted by molar-refractivity contribution is 0.0817. The minimum atomic E-state index is -0.463. The fraction of sp³-hybridized carbons (Fsp3) is 0.533. The van der Waals surface area contributed by atoms with Crippen molar-refractivity contribution >= 4 is 22.9 Å². The second kappa shape index (κ2) is 16.9. The number of ketones is 2. The van der Waals surface area contributed by atoms with Gasteiger partial charge < -0.3 is 10.6 Å². The molecule has 2 aromatic rings. The summed E-state index contributed by atoms with van der Waals surface area (Å²) in [5.74, 6) is -0.925. The van der Waals surface area contributed by atoms with E-state index in [4.69, 9.17) is 0 Å². The molecule has 0 aromatic heterocycles. The summed E-state index contributed by atoms with van der Waals surface area (Å²) in [5, 5.41) is 6.80. The van der Waals surface area contributed by atoms with Crippen LogP contribution >= 0.6 is 0 Å². The predicted octanol–water partition coefficient (Wildman–Crippen LogP) is 8.30. The van der Waals surface area contributed by atoms with Crippen LogP contribution in [0.3, 0.4) is 0 Å². The van der Waals surface area contributed by atoms with Crippen molar-refractivity contribution in [2.45, 2.75) is 90.9 Å². The summed E-state index contributed by atoms with van der Waals surface area (Å²) in [7, 11) is 0. The minimum Gasteiger partial charge on any atom is -0.385 e. The zero-order valence-electron chi connectivity index (χ0n) is 21.3. The van der Waals surface area contributed by atoms with Crippen LogP contribution < -0.4 is 10.6 Å². The van der Waals surface area contributed by atoms with Gasteiger partial charge in [-0.05, 0) is 61.4 Å². The first kappa shape index (κ1) is 27.6. The lowest BCUT2D eigenvalue weighted by atomic mass is 10.0. The van der Waals surface area contributed by atoms with Crippen LogP contribution in [0, 0.1) is 0 Å². The van der Waals surface area contributed by atoms with Crippen LogP contribution in [0.15, 0.2) is 48.5 Å². The fourth-order valence-corrected chi connectivity index (χ4v) is 4.02. The van der Waals surface area contributed by atoms with Crippen LogP contribution in [0.1, 0.15) is 112 Å². The van der Waals surface area contributed by atoms with Crippen molar-refractivity contribution in [2.24, 2.45) is 0 Å². The highest BCUT2D eigenvalue weighted by molar-refractivity contribution is 6.49. The Balaban J connectivity index is 1.73. The number of nitrogens with one attached hydrogen (secondary N) is 2. The van der Waals surface area contributed by atoms with E-state index in [2.05, 4.69) is 24.5 Å². The number of Topliss-reactive ketones (excluding diaryl/α,β-unsaturated/α-hetero) is 2. The molecule has 0 amide bonds. The van der Waals surface area contributed by atoms with Crippen molar-refractivity contribution in [3.8, 4) is 0 Å². The summed E-state index contributed by atoms with van der Waals surface area (Å²) < 4.78 is 0. The highest BCUT2D eigenvalue weighted by Crippen LogP contribution is 2.16. The van der Waals surface area contributed by atoms with E-state index in [0.29, 0.717) is 11.1 Å². The molecule has 0 heterocycles. The van der Waals surface area contributed by atoms with Gasteiger partial charge in [0.25, 0.3) is 0 Å². The van der Waals surface area contributed by atoms with Crippen LogP contribution in [-0.2, 0) is 0 Å². The Hall–Kier alpha value is -2.62. The second-order valence-electron chi connectivity index (χ2n) is 9.20. The van der Waals surface area contributed by atoms with Gasteiger partial charge in [0.05, 0.1) is 0 Å². The molecule has 0 saturated carbocycles. The molecular formula is C30H44N2O2. The van der Waals surface area contributed by atoms with E-state index >= 15 is 0 Å². The standard InChI is InChI=1S/C30H44N2O2/c1-3-5-7-9-11-13-23-31-27-19-15-25(16-20-27)29(33)30(34)26-17-21-28(22-18-26)32-24-14-12-10-8-6-4-2/h15-22,31-32H,3-14,23-24H2,1-2H3. The smallest absolute Gasteiger partial charge is 0.233 e. The van der Waals surface area contributed by atoms with Crippen molar-refractivity contribution in [2.75, 3.05) is 23.7 Å². The monoisotopic (exact) mass is 464 g/mol. The third-order valence-corrected chi connectivity index (χ3v) is 6.22. The van der Waals surface area contributed by atoms with Gasteiger partial charge in [-0.2, -0.15) is 0 Å². The molecule has 4 nitrogen and oxygen atoms in total. The number of hydrogen-bond acceptors (Lipinski definition) is 4. The summed E-state index contributed by atoms with van der Waals surface area (Å²) in [6.07, 6.45) is 15.2. The van der Waals surface area contributed by atoms with Crippen LogP contribution in [0.2, 0.25) is 0 Å². The minimum absolute atomic E-state index is 0.431. The highest BCUT2D eigenvalue weighted by atomic mass is 16.2. The number of benzene rings is 2. The first-order valence-electron chi connectivity index (χ1n) is 13.4. The van der Waals surface area contributed by atoms with Gasteiger partial charge in [0, 0.05) is 35.6 Å². The maximum atomic E-state index is 12.7. The first-order chi connectivity index (χ1) is 16.7. The number of anilines is 2. The Morgan fingerprint density at radius 1 is 0.500 bits per heavy atom. The van der Waals surface area contributed by atoms with Crippen LogP contribution in [-0.4, -0.2) is 24.7 Å². The molecule has 0 aliphatic rings. The predicted molar refractivity (Wildman–Crippen MR) is 145 cm³/mol. The van der Waals surface area contributed by atoms with Crippen LogP contribution in [0.4, 0.5) is 11.4 Å². The van der Waals surface area contributed by atoms with E-state index in [1.54, 1.807) is 24.3 Å². The topological polar surface area (TPSA) is 58.2 Å². The van der Waals surface area contributed by atoms with Gasteiger partial charge in [-0.1, -0.05) is 78.1 Å². The number of rotatable bonds is 19. The third kappa shape index (κ3) is 10.5.